The van der Waals surface area contributed by atoms with Gasteiger partial charge < -0.3 is 5.11 Å². The average Bonchev–Trinajstić information content (AvgIpc) is 2.88. The Kier molecular flexibility index (Phi) is 12.7. The van der Waals surface area contributed by atoms with Crippen molar-refractivity contribution in [1.29, 1.82) is 0 Å². The molecular formula is C20H37NO3. The van der Waals surface area contributed by atoms with Crippen LogP contribution in [-0.2, 0) is 9.59 Å². The molecule has 2 amide bonds. The molecule has 1 aliphatic rings. The van der Waals surface area contributed by atoms with Crippen molar-refractivity contribution in [1.82, 2.24) is 5.32 Å². The molecule has 1 unspecified atom stereocenters. The first-order chi connectivity index (χ1) is 11.7. The standard InChI is InChI=1S/C20H37NO3/c22-16-14-12-10-8-6-4-2-1-3-5-7-9-11-13-15-18-17-19(23)21-20(18)24/h18,22H,1-17H2,(H,21,23,24). The molecule has 4 heteroatoms. The van der Waals surface area contributed by atoms with Gasteiger partial charge in [0.1, 0.15) is 0 Å². The van der Waals surface area contributed by atoms with E-state index < -0.39 is 0 Å². The number of hydrogen-bond acceptors (Lipinski definition) is 3. The zero-order chi connectivity index (χ0) is 17.5. The Morgan fingerprint density at radius 2 is 1.12 bits per heavy atom. The van der Waals surface area contributed by atoms with E-state index in [0.717, 1.165) is 19.3 Å². The van der Waals surface area contributed by atoms with E-state index in [4.69, 9.17) is 5.11 Å². The van der Waals surface area contributed by atoms with Crippen LogP contribution in [0.1, 0.15) is 103 Å². The van der Waals surface area contributed by atoms with Crippen molar-refractivity contribution in [3.8, 4) is 0 Å². The van der Waals surface area contributed by atoms with Crippen LogP contribution in [0.25, 0.3) is 0 Å². The number of rotatable bonds is 16. The van der Waals surface area contributed by atoms with Gasteiger partial charge in [0.15, 0.2) is 0 Å². The molecule has 24 heavy (non-hydrogen) atoms. The van der Waals surface area contributed by atoms with Crippen molar-refractivity contribution < 1.29 is 14.7 Å². The van der Waals surface area contributed by atoms with E-state index in [2.05, 4.69) is 5.32 Å². The van der Waals surface area contributed by atoms with E-state index in [1.54, 1.807) is 0 Å². The van der Waals surface area contributed by atoms with Crippen LogP contribution in [-0.4, -0.2) is 23.5 Å². The number of carbonyl (C=O) groups is 2. The summed E-state index contributed by atoms with van der Waals surface area (Å²) >= 11 is 0. The van der Waals surface area contributed by atoms with Gasteiger partial charge in [-0.25, -0.2) is 0 Å². The third kappa shape index (κ3) is 10.8. The van der Waals surface area contributed by atoms with Crippen molar-refractivity contribution in [3.05, 3.63) is 0 Å². The monoisotopic (exact) mass is 339 g/mol. The first kappa shape index (κ1) is 21.1. The third-order valence-corrected chi connectivity index (χ3v) is 5.03. The largest absolute Gasteiger partial charge is 0.396 e. The summed E-state index contributed by atoms with van der Waals surface area (Å²) in [6.07, 6.45) is 19.0. The number of hydrogen-bond donors (Lipinski definition) is 2. The fourth-order valence-corrected chi connectivity index (χ4v) is 3.46. The predicted molar refractivity (Wildman–Crippen MR) is 97.6 cm³/mol. The lowest BCUT2D eigenvalue weighted by atomic mass is 9.98. The summed E-state index contributed by atoms with van der Waals surface area (Å²) in [4.78, 5) is 22.5. The maximum atomic E-state index is 11.4. The van der Waals surface area contributed by atoms with Gasteiger partial charge in [0, 0.05) is 18.9 Å². The van der Waals surface area contributed by atoms with Gasteiger partial charge in [0.2, 0.25) is 11.8 Å². The maximum Gasteiger partial charge on any atom is 0.230 e. The SMILES string of the molecule is O=C1CC(CCCCCCCCCCCCCCCCO)C(=O)N1. The van der Waals surface area contributed by atoms with Crippen LogP contribution in [0.5, 0.6) is 0 Å². The Morgan fingerprint density at radius 1 is 0.708 bits per heavy atom. The van der Waals surface area contributed by atoms with Gasteiger partial charge in [-0.1, -0.05) is 83.5 Å². The quantitative estimate of drug-likeness (QED) is 0.321. The minimum absolute atomic E-state index is 0.0545. The molecular weight excluding hydrogens is 302 g/mol. The number of carbonyl (C=O) groups excluding carboxylic acids is 2. The Bertz CT molecular complexity index is 344. The van der Waals surface area contributed by atoms with Gasteiger partial charge in [-0.3, -0.25) is 14.9 Å². The van der Waals surface area contributed by atoms with Crippen molar-refractivity contribution in [2.75, 3.05) is 6.61 Å². The lowest BCUT2D eigenvalue weighted by Crippen LogP contribution is -2.21. The zero-order valence-corrected chi connectivity index (χ0v) is 15.4. The van der Waals surface area contributed by atoms with E-state index >= 15 is 0 Å². The molecule has 1 atom stereocenters. The van der Waals surface area contributed by atoms with Crippen LogP contribution in [0.2, 0.25) is 0 Å². The Hall–Kier alpha value is -0.900. The lowest BCUT2D eigenvalue weighted by Gasteiger charge is -2.05. The van der Waals surface area contributed by atoms with Gasteiger partial charge in [-0.05, 0) is 12.8 Å². The van der Waals surface area contributed by atoms with Crippen molar-refractivity contribution in [3.63, 3.8) is 0 Å². The highest BCUT2D eigenvalue weighted by atomic mass is 16.3. The molecule has 0 radical (unpaired) electrons. The Morgan fingerprint density at radius 3 is 1.50 bits per heavy atom. The molecule has 4 nitrogen and oxygen atoms in total. The normalized spacial score (nSPS) is 17.5. The molecule has 1 aliphatic heterocycles. The first-order valence-electron chi connectivity index (χ1n) is 10.2. The molecule has 0 spiro atoms. The van der Waals surface area contributed by atoms with E-state index in [1.165, 1.54) is 77.0 Å². The molecule has 0 bridgehead atoms. The minimum Gasteiger partial charge on any atom is -0.396 e. The summed E-state index contributed by atoms with van der Waals surface area (Å²) in [6.45, 7) is 0.343. The molecule has 1 heterocycles. The summed E-state index contributed by atoms with van der Waals surface area (Å²) in [5, 5.41) is 11.1. The van der Waals surface area contributed by atoms with E-state index in [-0.39, 0.29) is 17.7 Å². The topological polar surface area (TPSA) is 66.4 Å². The second-order valence-electron chi connectivity index (χ2n) is 7.28. The molecule has 0 saturated carbocycles. The van der Waals surface area contributed by atoms with Crippen LogP contribution in [0.3, 0.4) is 0 Å². The summed E-state index contributed by atoms with van der Waals surface area (Å²) in [6, 6.07) is 0. The second-order valence-corrected chi connectivity index (χ2v) is 7.28. The summed E-state index contributed by atoms with van der Waals surface area (Å²) in [5.41, 5.74) is 0. The number of imide groups is 1. The maximum absolute atomic E-state index is 11.4. The lowest BCUT2D eigenvalue weighted by molar-refractivity contribution is -0.125. The molecule has 0 aromatic heterocycles. The highest BCUT2D eigenvalue weighted by Gasteiger charge is 2.29. The van der Waals surface area contributed by atoms with Crippen LogP contribution in [0, 0.1) is 5.92 Å². The van der Waals surface area contributed by atoms with Crippen LogP contribution in [0.15, 0.2) is 0 Å². The molecule has 1 rings (SSSR count). The highest BCUT2D eigenvalue weighted by molar-refractivity contribution is 6.03. The molecule has 1 fully saturated rings. The van der Waals surface area contributed by atoms with Gasteiger partial charge in [-0.2, -0.15) is 0 Å². The summed E-state index contributed by atoms with van der Waals surface area (Å²) < 4.78 is 0. The molecule has 0 aliphatic carbocycles. The number of aliphatic hydroxyl groups is 1. The molecule has 0 aromatic rings. The predicted octanol–water partition coefficient (Wildman–Crippen LogP) is 4.49. The van der Waals surface area contributed by atoms with Gasteiger partial charge in [-0.15, -0.1) is 0 Å². The Balaban J connectivity index is 1.73. The van der Waals surface area contributed by atoms with E-state index in [9.17, 15) is 9.59 Å². The van der Waals surface area contributed by atoms with Gasteiger partial charge in [0.25, 0.3) is 0 Å². The molecule has 0 aromatic carbocycles. The van der Waals surface area contributed by atoms with Crippen molar-refractivity contribution in [2.24, 2.45) is 5.92 Å². The minimum atomic E-state index is -0.102. The second kappa shape index (κ2) is 14.4. The highest BCUT2D eigenvalue weighted by Crippen LogP contribution is 2.19. The van der Waals surface area contributed by atoms with Gasteiger partial charge in [0.05, 0.1) is 0 Å². The van der Waals surface area contributed by atoms with Crippen LogP contribution >= 0.6 is 0 Å². The van der Waals surface area contributed by atoms with Crippen LogP contribution < -0.4 is 5.32 Å². The molecule has 1 saturated heterocycles. The number of amides is 2. The summed E-state index contributed by atoms with van der Waals surface area (Å²) in [5.74, 6) is -0.218. The number of aliphatic hydroxyl groups excluding tert-OH is 1. The fraction of sp³-hybridized carbons (Fsp3) is 0.900. The number of nitrogens with one attached hydrogen (secondary N) is 1. The van der Waals surface area contributed by atoms with E-state index in [1.807, 2.05) is 0 Å². The van der Waals surface area contributed by atoms with Crippen molar-refractivity contribution >= 4 is 11.8 Å². The third-order valence-electron chi connectivity index (χ3n) is 5.03. The van der Waals surface area contributed by atoms with E-state index in [0.29, 0.717) is 13.0 Å². The smallest absolute Gasteiger partial charge is 0.230 e. The van der Waals surface area contributed by atoms with Gasteiger partial charge >= 0.3 is 0 Å². The molecule has 140 valence electrons. The first-order valence-corrected chi connectivity index (χ1v) is 10.2. The molecule has 2 N–H and O–H groups in total. The van der Waals surface area contributed by atoms with Crippen molar-refractivity contribution in [2.45, 2.75) is 103 Å². The summed E-state index contributed by atoms with van der Waals surface area (Å²) in [7, 11) is 0. The van der Waals surface area contributed by atoms with Crippen LogP contribution in [0.4, 0.5) is 0 Å². The fourth-order valence-electron chi connectivity index (χ4n) is 3.46. The number of unbranched alkanes of at least 4 members (excludes halogenated alkanes) is 13. The average molecular weight is 340 g/mol. The zero-order valence-electron chi connectivity index (χ0n) is 15.4. The Labute approximate surface area is 147 Å².